The number of carbonyl (C=O) groups is 1. The molecule has 1 aromatic carbocycles. The van der Waals surface area contributed by atoms with Crippen LogP contribution >= 0.6 is 11.6 Å². The number of halogens is 1. The van der Waals surface area contributed by atoms with Crippen LogP contribution in [0.4, 0.5) is 0 Å². The molecule has 0 aliphatic carbocycles. The zero-order chi connectivity index (χ0) is 17.4. The van der Waals surface area contributed by atoms with Gasteiger partial charge in [-0.25, -0.2) is 4.98 Å². The molecule has 5 nitrogen and oxygen atoms in total. The van der Waals surface area contributed by atoms with E-state index in [0.717, 1.165) is 17.9 Å². The quantitative estimate of drug-likeness (QED) is 0.682. The summed E-state index contributed by atoms with van der Waals surface area (Å²) in [5.41, 5.74) is 2.91. The smallest absolute Gasteiger partial charge is 0.261 e. The van der Waals surface area contributed by atoms with Gasteiger partial charge in [0.1, 0.15) is 0 Å². The third kappa shape index (κ3) is 2.76. The van der Waals surface area contributed by atoms with Crippen molar-refractivity contribution in [3.05, 3.63) is 62.9 Å². The van der Waals surface area contributed by atoms with Gasteiger partial charge in [0.05, 0.1) is 23.8 Å². The van der Waals surface area contributed by atoms with Crippen LogP contribution < -0.4 is 5.56 Å². The maximum absolute atomic E-state index is 12.6. The van der Waals surface area contributed by atoms with Gasteiger partial charge in [-0.2, -0.15) is 0 Å². The van der Waals surface area contributed by atoms with Gasteiger partial charge in [-0.05, 0) is 45.0 Å². The van der Waals surface area contributed by atoms with Gasteiger partial charge in [0, 0.05) is 28.5 Å². The Morgan fingerprint density at radius 1 is 1.25 bits per heavy atom. The zero-order valence-corrected chi connectivity index (χ0v) is 14.6. The molecule has 0 bridgehead atoms. The number of fused-ring (bicyclic) bond motifs is 1. The lowest BCUT2D eigenvalue weighted by atomic mass is 10.1. The van der Waals surface area contributed by atoms with Crippen molar-refractivity contribution in [3.63, 3.8) is 0 Å². The Morgan fingerprint density at radius 2 is 2.00 bits per heavy atom. The van der Waals surface area contributed by atoms with E-state index in [1.165, 1.54) is 10.9 Å². The number of hydrogen-bond donors (Lipinski definition) is 0. The highest BCUT2D eigenvalue weighted by Gasteiger charge is 2.16. The summed E-state index contributed by atoms with van der Waals surface area (Å²) in [5.74, 6) is -0.104. The second kappa shape index (κ2) is 6.24. The van der Waals surface area contributed by atoms with Crippen molar-refractivity contribution < 1.29 is 4.79 Å². The van der Waals surface area contributed by atoms with Crippen LogP contribution in [0.5, 0.6) is 0 Å². The first-order valence-corrected chi connectivity index (χ1v) is 8.14. The number of aromatic nitrogens is 3. The molecule has 124 valence electrons. The van der Waals surface area contributed by atoms with Crippen LogP contribution in [0.1, 0.15) is 28.7 Å². The lowest BCUT2D eigenvalue weighted by molar-refractivity contribution is 0.0970. The molecular formula is C18H18ClN3O2. The van der Waals surface area contributed by atoms with E-state index in [1.54, 1.807) is 18.2 Å². The van der Waals surface area contributed by atoms with Crippen molar-refractivity contribution in [2.24, 2.45) is 0 Å². The summed E-state index contributed by atoms with van der Waals surface area (Å²) < 4.78 is 3.41. The summed E-state index contributed by atoms with van der Waals surface area (Å²) in [6.07, 6.45) is 1.41. The van der Waals surface area contributed by atoms with Gasteiger partial charge in [0.25, 0.3) is 5.56 Å². The van der Waals surface area contributed by atoms with Crippen molar-refractivity contribution in [2.75, 3.05) is 0 Å². The lowest BCUT2D eigenvalue weighted by Crippen LogP contribution is -2.25. The van der Waals surface area contributed by atoms with Gasteiger partial charge in [-0.3, -0.25) is 14.2 Å². The number of aryl methyl sites for hydroxylation is 1. The van der Waals surface area contributed by atoms with Gasteiger partial charge >= 0.3 is 0 Å². The number of rotatable bonds is 4. The van der Waals surface area contributed by atoms with E-state index in [0.29, 0.717) is 21.5 Å². The second-order valence-corrected chi connectivity index (χ2v) is 6.23. The molecule has 0 aliphatic heterocycles. The van der Waals surface area contributed by atoms with Crippen molar-refractivity contribution in [3.8, 4) is 0 Å². The Balaban J connectivity index is 1.99. The maximum atomic E-state index is 12.6. The molecule has 0 radical (unpaired) electrons. The van der Waals surface area contributed by atoms with Crippen molar-refractivity contribution >= 4 is 28.3 Å². The number of hydrogen-bond acceptors (Lipinski definition) is 3. The summed E-state index contributed by atoms with van der Waals surface area (Å²) in [6, 6.07) is 6.83. The molecule has 0 N–H and O–H groups in total. The molecular weight excluding hydrogens is 326 g/mol. The fourth-order valence-corrected chi connectivity index (χ4v) is 3.23. The molecule has 0 aliphatic rings. The van der Waals surface area contributed by atoms with Crippen LogP contribution in [0.15, 0.2) is 35.4 Å². The predicted molar refractivity (Wildman–Crippen MR) is 94.9 cm³/mol. The molecule has 24 heavy (non-hydrogen) atoms. The summed E-state index contributed by atoms with van der Waals surface area (Å²) in [6.45, 7) is 6.70. The van der Waals surface area contributed by atoms with Crippen LogP contribution in [0, 0.1) is 13.8 Å². The first kappa shape index (κ1) is 16.5. The molecule has 0 fully saturated rings. The molecule has 2 aromatic heterocycles. The molecule has 0 unspecified atom stereocenters. The standard InChI is InChI=1S/C18H18ClN3O2/c1-4-22-11(2)7-14(12(22)3)17(23)9-21-10-20-16-6-5-13(19)8-15(16)18(21)24/h5-8,10H,4,9H2,1-3H3. The maximum Gasteiger partial charge on any atom is 0.261 e. The first-order valence-electron chi connectivity index (χ1n) is 7.77. The molecule has 2 heterocycles. The van der Waals surface area contributed by atoms with Gasteiger partial charge < -0.3 is 4.57 Å². The number of carbonyl (C=O) groups excluding carboxylic acids is 1. The van der Waals surface area contributed by atoms with Crippen LogP contribution in [0.2, 0.25) is 5.02 Å². The van der Waals surface area contributed by atoms with E-state index in [2.05, 4.69) is 9.55 Å². The minimum atomic E-state index is -0.264. The summed E-state index contributed by atoms with van der Waals surface area (Å²) in [4.78, 5) is 29.5. The predicted octanol–water partition coefficient (Wildman–Crippen LogP) is 3.37. The number of Topliss-reactive ketones (excluding diaryl/α,β-unsaturated/α-hetero) is 1. The Kier molecular flexibility index (Phi) is 4.28. The highest BCUT2D eigenvalue weighted by atomic mass is 35.5. The van der Waals surface area contributed by atoms with Crippen molar-refractivity contribution in [1.82, 2.24) is 14.1 Å². The van der Waals surface area contributed by atoms with E-state index in [4.69, 9.17) is 11.6 Å². The Morgan fingerprint density at radius 3 is 2.67 bits per heavy atom. The van der Waals surface area contributed by atoms with E-state index >= 15 is 0 Å². The van der Waals surface area contributed by atoms with Crippen molar-refractivity contribution in [1.29, 1.82) is 0 Å². The molecule has 6 heteroatoms. The van der Waals surface area contributed by atoms with Crippen LogP contribution in [-0.2, 0) is 13.1 Å². The van der Waals surface area contributed by atoms with Crippen LogP contribution in [0.25, 0.3) is 10.9 Å². The van der Waals surface area contributed by atoms with E-state index < -0.39 is 0 Å². The molecule has 3 rings (SSSR count). The minimum absolute atomic E-state index is 0.0394. The number of nitrogens with zero attached hydrogens (tertiary/aromatic N) is 3. The first-order chi connectivity index (χ1) is 11.4. The average molecular weight is 344 g/mol. The zero-order valence-electron chi connectivity index (χ0n) is 13.8. The van der Waals surface area contributed by atoms with Gasteiger partial charge in [-0.1, -0.05) is 11.6 Å². The lowest BCUT2D eigenvalue weighted by Gasteiger charge is -2.08. The molecule has 0 saturated carbocycles. The highest BCUT2D eigenvalue weighted by molar-refractivity contribution is 6.31. The SMILES string of the molecule is CCn1c(C)cc(C(=O)Cn2cnc3ccc(Cl)cc3c2=O)c1C. The monoisotopic (exact) mass is 343 g/mol. The number of benzene rings is 1. The third-order valence-electron chi connectivity index (χ3n) is 4.29. The van der Waals surface area contributed by atoms with Crippen molar-refractivity contribution in [2.45, 2.75) is 33.9 Å². The molecule has 0 amide bonds. The second-order valence-electron chi connectivity index (χ2n) is 5.79. The molecule has 0 spiro atoms. The Bertz CT molecular complexity index is 1000. The topological polar surface area (TPSA) is 56.9 Å². The average Bonchev–Trinajstić information content (AvgIpc) is 2.84. The van der Waals surface area contributed by atoms with E-state index in [1.807, 2.05) is 26.8 Å². The normalized spacial score (nSPS) is 11.2. The summed E-state index contributed by atoms with van der Waals surface area (Å²) in [7, 11) is 0. The van der Waals surface area contributed by atoms with Crippen LogP contribution in [0.3, 0.4) is 0 Å². The van der Waals surface area contributed by atoms with E-state index in [-0.39, 0.29) is 17.9 Å². The fourth-order valence-electron chi connectivity index (χ4n) is 3.05. The van der Waals surface area contributed by atoms with Gasteiger partial charge in [0.2, 0.25) is 0 Å². The minimum Gasteiger partial charge on any atom is -0.349 e. The Hall–Kier alpha value is -2.40. The number of ketones is 1. The molecule has 0 atom stereocenters. The highest BCUT2D eigenvalue weighted by Crippen LogP contribution is 2.17. The summed E-state index contributed by atoms with van der Waals surface area (Å²) >= 11 is 5.96. The van der Waals surface area contributed by atoms with Crippen LogP contribution in [-0.4, -0.2) is 19.9 Å². The van der Waals surface area contributed by atoms with Gasteiger partial charge in [-0.15, -0.1) is 0 Å². The van der Waals surface area contributed by atoms with Gasteiger partial charge in [0.15, 0.2) is 5.78 Å². The van der Waals surface area contributed by atoms with E-state index in [9.17, 15) is 9.59 Å². The third-order valence-corrected chi connectivity index (χ3v) is 4.53. The largest absolute Gasteiger partial charge is 0.349 e. The fraction of sp³-hybridized carbons (Fsp3) is 0.278. The Labute approximate surface area is 144 Å². The summed E-state index contributed by atoms with van der Waals surface area (Å²) in [5, 5.41) is 0.883. The molecule has 3 aromatic rings. The molecule has 0 saturated heterocycles.